The number of methoxy groups -OCH3 is 1. The molecule has 0 saturated carbocycles. The van der Waals surface area contributed by atoms with E-state index >= 15 is 0 Å². The first-order chi connectivity index (χ1) is 9.03. The van der Waals surface area contributed by atoms with Gasteiger partial charge in [0.25, 0.3) is 0 Å². The van der Waals surface area contributed by atoms with Crippen molar-refractivity contribution in [2.24, 2.45) is 0 Å². The Morgan fingerprint density at radius 1 is 1.35 bits per heavy atom. The molecular weight excluding hydrogens is 276 g/mol. The number of halogens is 1. The Morgan fingerprint density at radius 3 is 2.55 bits per heavy atom. The van der Waals surface area contributed by atoms with Crippen molar-refractivity contribution in [3.8, 4) is 0 Å². The van der Waals surface area contributed by atoms with E-state index in [1.165, 1.54) is 12.7 Å². The van der Waals surface area contributed by atoms with Crippen molar-refractivity contribution in [2.45, 2.75) is 25.9 Å². The molecule has 0 radical (unpaired) electrons. The van der Waals surface area contributed by atoms with Crippen molar-refractivity contribution in [2.75, 3.05) is 26.7 Å². The van der Waals surface area contributed by atoms with Gasteiger partial charge >= 0.3 is 5.97 Å². The van der Waals surface area contributed by atoms with Crippen LogP contribution in [-0.4, -0.2) is 43.2 Å². The second-order valence-corrected chi connectivity index (χ2v) is 5.60. The van der Waals surface area contributed by atoms with Gasteiger partial charge in [-0.05, 0) is 31.5 Å². The lowest BCUT2D eigenvalue weighted by Gasteiger charge is -2.42. The summed E-state index contributed by atoms with van der Waals surface area (Å²) < 4.78 is 4.70. The fourth-order valence-corrected chi connectivity index (χ4v) is 2.40. The Bertz CT molecular complexity index is 446. The third-order valence-corrected chi connectivity index (χ3v) is 3.72. The largest absolute Gasteiger partial charge is 0.465 e. The SMILES string of the molecule is COC(=O)c1ccc(CN2CCNCC2(C)C)cc1.Cl. The molecule has 5 heteroatoms. The highest BCUT2D eigenvalue weighted by atomic mass is 35.5. The molecule has 0 aliphatic carbocycles. The van der Waals surface area contributed by atoms with Gasteiger partial charge in [-0.1, -0.05) is 12.1 Å². The molecule has 1 aromatic rings. The number of ether oxygens (including phenoxy) is 1. The van der Waals surface area contributed by atoms with Crippen LogP contribution >= 0.6 is 12.4 Å². The number of esters is 1. The summed E-state index contributed by atoms with van der Waals surface area (Å²) in [6.07, 6.45) is 0. The Labute approximate surface area is 126 Å². The summed E-state index contributed by atoms with van der Waals surface area (Å²) in [4.78, 5) is 13.8. The van der Waals surface area contributed by atoms with Gasteiger partial charge < -0.3 is 10.1 Å². The Hall–Kier alpha value is -1.10. The maximum atomic E-state index is 11.4. The van der Waals surface area contributed by atoms with Crippen LogP contribution in [-0.2, 0) is 11.3 Å². The summed E-state index contributed by atoms with van der Waals surface area (Å²) in [5.74, 6) is -0.283. The molecule has 0 aromatic heterocycles. The minimum Gasteiger partial charge on any atom is -0.465 e. The van der Waals surface area contributed by atoms with Crippen LogP contribution in [0, 0.1) is 0 Å². The normalized spacial score (nSPS) is 18.1. The first-order valence-electron chi connectivity index (χ1n) is 6.66. The van der Waals surface area contributed by atoms with Gasteiger partial charge in [0, 0.05) is 31.7 Å². The molecule has 20 heavy (non-hydrogen) atoms. The standard InChI is InChI=1S/C15H22N2O2.ClH/c1-15(2)11-16-8-9-17(15)10-12-4-6-13(7-5-12)14(18)19-3;/h4-7,16H,8-11H2,1-3H3;1H. The van der Waals surface area contributed by atoms with Gasteiger partial charge in [-0.2, -0.15) is 0 Å². The summed E-state index contributed by atoms with van der Waals surface area (Å²) >= 11 is 0. The summed E-state index contributed by atoms with van der Waals surface area (Å²) in [6.45, 7) is 8.50. The minimum atomic E-state index is -0.283. The molecule has 2 rings (SSSR count). The molecular formula is C15H23ClN2O2. The molecule has 1 aromatic carbocycles. The number of nitrogens with one attached hydrogen (secondary N) is 1. The molecule has 1 saturated heterocycles. The van der Waals surface area contributed by atoms with Crippen molar-refractivity contribution in [1.82, 2.24) is 10.2 Å². The third kappa shape index (κ3) is 3.95. The van der Waals surface area contributed by atoms with E-state index in [9.17, 15) is 4.79 Å². The van der Waals surface area contributed by atoms with Crippen molar-refractivity contribution >= 4 is 18.4 Å². The van der Waals surface area contributed by atoms with Crippen LogP contribution in [0.1, 0.15) is 29.8 Å². The predicted molar refractivity (Wildman–Crippen MR) is 82.4 cm³/mol. The van der Waals surface area contributed by atoms with Crippen LogP contribution in [0.25, 0.3) is 0 Å². The van der Waals surface area contributed by atoms with E-state index in [1.54, 1.807) is 0 Å². The topological polar surface area (TPSA) is 41.6 Å². The van der Waals surface area contributed by atoms with Crippen molar-refractivity contribution in [1.29, 1.82) is 0 Å². The molecule has 1 heterocycles. The molecule has 0 spiro atoms. The lowest BCUT2D eigenvalue weighted by atomic mass is 9.99. The molecule has 4 nitrogen and oxygen atoms in total. The van der Waals surface area contributed by atoms with Gasteiger partial charge in [-0.25, -0.2) is 4.79 Å². The van der Waals surface area contributed by atoms with Gasteiger partial charge in [-0.15, -0.1) is 12.4 Å². The van der Waals surface area contributed by atoms with Crippen molar-refractivity contribution in [3.63, 3.8) is 0 Å². The van der Waals surface area contributed by atoms with E-state index in [0.717, 1.165) is 26.2 Å². The average molecular weight is 299 g/mol. The summed E-state index contributed by atoms with van der Waals surface area (Å²) in [5, 5.41) is 3.42. The number of benzene rings is 1. The second kappa shape index (κ2) is 7.07. The number of piperazine rings is 1. The minimum absolute atomic E-state index is 0. The van der Waals surface area contributed by atoms with Gasteiger partial charge in [0.05, 0.1) is 12.7 Å². The van der Waals surface area contributed by atoms with E-state index in [4.69, 9.17) is 4.74 Å². The first kappa shape index (κ1) is 17.0. The Morgan fingerprint density at radius 2 is 2.00 bits per heavy atom. The van der Waals surface area contributed by atoms with Crippen LogP contribution in [0.15, 0.2) is 24.3 Å². The number of rotatable bonds is 3. The van der Waals surface area contributed by atoms with Crippen LogP contribution in [0.2, 0.25) is 0 Å². The first-order valence-corrected chi connectivity index (χ1v) is 6.66. The predicted octanol–water partition coefficient (Wildman–Crippen LogP) is 2.08. The van der Waals surface area contributed by atoms with Crippen LogP contribution in [0.3, 0.4) is 0 Å². The number of carbonyl (C=O) groups excluding carboxylic acids is 1. The van der Waals surface area contributed by atoms with Gasteiger partial charge in [-0.3, -0.25) is 4.90 Å². The Balaban J connectivity index is 0.00000200. The fraction of sp³-hybridized carbons (Fsp3) is 0.533. The number of carbonyl (C=O) groups is 1. The molecule has 0 amide bonds. The van der Waals surface area contributed by atoms with Gasteiger partial charge in [0.1, 0.15) is 0 Å². The van der Waals surface area contributed by atoms with E-state index in [1.807, 2.05) is 24.3 Å². The quantitative estimate of drug-likeness (QED) is 0.868. The molecule has 1 fully saturated rings. The van der Waals surface area contributed by atoms with Crippen molar-refractivity contribution in [3.05, 3.63) is 35.4 Å². The number of nitrogens with zero attached hydrogens (tertiary/aromatic N) is 1. The van der Waals surface area contributed by atoms with Crippen molar-refractivity contribution < 1.29 is 9.53 Å². The molecule has 0 atom stereocenters. The van der Waals surface area contributed by atoms with Crippen LogP contribution in [0.5, 0.6) is 0 Å². The zero-order chi connectivity index (χ0) is 13.9. The Kier molecular flexibility index (Phi) is 5.99. The summed E-state index contributed by atoms with van der Waals surface area (Å²) in [5.41, 5.74) is 1.99. The van der Waals surface area contributed by atoms with E-state index in [2.05, 4.69) is 24.1 Å². The van der Waals surface area contributed by atoms with Gasteiger partial charge in [0.2, 0.25) is 0 Å². The van der Waals surface area contributed by atoms with E-state index in [-0.39, 0.29) is 23.9 Å². The summed E-state index contributed by atoms with van der Waals surface area (Å²) in [7, 11) is 1.40. The lowest BCUT2D eigenvalue weighted by Crippen LogP contribution is -2.57. The second-order valence-electron chi connectivity index (χ2n) is 5.60. The lowest BCUT2D eigenvalue weighted by molar-refractivity contribution is 0.0600. The van der Waals surface area contributed by atoms with E-state index < -0.39 is 0 Å². The number of hydrogen-bond acceptors (Lipinski definition) is 4. The molecule has 0 unspecified atom stereocenters. The van der Waals surface area contributed by atoms with Crippen LogP contribution in [0.4, 0.5) is 0 Å². The molecule has 1 aliphatic heterocycles. The zero-order valence-electron chi connectivity index (χ0n) is 12.3. The average Bonchev–Trinajstić information content (AvgIpc) is 2.41. The fourth-order valence-electron chi connectivity index (χ4n) is 2.40. The van der Waals surface area contributed by atoms with Gasteiger partial charge in [0.15, 0.2) is 0 Å². The maximum Gasteiger partial charge on any atom is 0.337 e. The van der Waals surface area contributed by atoms with E-state index in [0.29, 0.717) is 5.56 Å². The smallest absolute Gasteiger partial charge is 0.337 e. The molecule has 1 N–H and O–H groups in total. The monoisotopic (exact) mass is 298 g/mol. The highest BCUT2D eigenvalue weighted by Crippen LogP contribution is 2.19. The highest BCUT2D eigenvalue weighted by molar-refractivity contribution is 5.89. The maximum absolute atomic E-state index is 11.4. The van der Waals surface area contributed by atoms with Crippen LogP contribution < -0.4 is 5.32 Å². The molecule has 1 aliphatic rings. The molecule has 112 valence electrons. The summed E-state index contributed by atoms with van der Waals surface area (Å²) in [6, 6.07) is 7.67. The third-order valence-electron chi connectivity index (χ3n) is 3.72. The number of hydrogen-bond donors (Lipinski definition) is 1. The molecule has 0 bridgehead atoms. The zero-order valence-corrected chi connectivity index (χ0v) is 13.1. The highest BCUT2D eigenvalue weighted by Gasteiger charge is 2.29.